The highest BCUT2D eigenvalue weighted by atomic mass is 35.5. The van der Waals surface area contributed by atoms with E-state index in [2.05, 4.69) is 0 Å². The molecule has 2 aromatic rings. The monoisotopic (exact) mass is 388 g/mol. The standard InChI is InChI=1S/C19H17ClN2O3S/c1-21(14-7-9-15(25-2)10-8-14)12-22-18(23)17(26-19(22)24)11-13-5-3-4-6-16(13)20/h3-11H,12H2,1-2H3/b17-11+. The quantitative estimate of drug-likeness (QED) is 0.707. The summed E-state index contributed by atoms with van der Waals surface area (Å²) in [6.07, 6.45) is 1.65. The average Bonchev–Trinajstić information content (AvgIpc) is 2.91. The first kappa shape index (κ1) is 18.4. The van der Waals surface area contributed by atoms with Crippen molar-refractivity contribution in [3.8, 4) is 5.75 Å². The molecule has 0 aliphatic carbocycles. The number of hydrogen-bond donors (Lipinski definition) is 0. The number of amides is 2. The summed E-state index contributed by atoms with van der Waals surface area (Å²) in [7, 11) is 3.42. The van der Waals surface area contributed by atoms with Gasteiger partial charge in [0.05, 0.1) is 12.0 Å². The number of thioether (sulfide) groups is 1. The van der Waals surface area contributed by atoms with Crippen LogP contribution in [0.5, 0.6) is 5.75 Å². The van der Waals surface area contributed by atoms with Crippen LogP contribution in [0.1, 0.15) is 5.56 Å². The maximum atomic E-state index is 12.6. The van der Waals surface area contributed by atoms with Crippen molar-refractivity contribution in [3.05, 3.63) is 64.0 Å². The maximum absolute atomic E-state index is 12.6. The number of rotatable bonds is 5. The van der Waals surface area contributed by atoms with E-state index in [0.29, 0.717) is 15.5 Å². The largest absolute Gasteiger partial charge is 0.497 e. The van der Waals surface area contributed by atoms with E-state index < -0.39 is 0 Å². The number of ether oxygens (including phenoxy) is 1. The lowest BCUT2D eigenvalue weighted by Gasteiger charge is -2.24. The van der Waals surface area contributed by atoms with Gasteiger partial charge >= 0.3 is 0 Å². The molecule has 0 atom stereocenters. The Bertz CT molecular complexity index is 867. The second-order valence-electron chi connectivity index (χ2n) is 5.67. The minimum atomic E-state index is -0.319. The number of anilines is 1. The molecule has 0 aromatic heterocycles. The van der Waals surface area contributed by atoms with Gasteiger partial charge in [0, 0.05) is 17.8 Å². The first-order valence-corrected chi connectivity index (χ1v) is 9.04. The summed E-state index contributed by atoms with van der Waals surface area (Å²) in [5.74, 6) is 0.427. The minimum absolute atomic E-state index is 0.164. The Morgan fingerprint density at radius 1 is 1.15 bits per heavy atom. The zero-order valence-corrected chi connectivity index (χ0v) is 15.9. The molecular formula is C19H17ClN2O3S. The van der Waals surface area contributed by atoms with Crippen molar-refractivity contribution in [2.75, 3.05) is 25.7 Å². The zero-order chi connectivity index (χ0) is 18.7. The average molecular weight is 389 g/mol. The SMILES string of the molecule is COc1ccc(N(C)CN2C(=O)S/C(=C/c3ccccc3Cl)C2=O)cc1. The summed E-state index contributed by atoms with van der Waals surface area (Å²) in [4.78, 5) is 28.3. The molecule has 1 saturated heterocycles. The molecule has 26 heavy (non-hydrogen) atoms. The van der Waals surface area contributed by atoms with Gasteiger partial charge in [0.2, 0.25) is 0 Å². The van der Waals surface area contributed by atoms with Crippen LogP contribution in [0, 0.1) is 0 Å². The smallest absolute Gasteiger partial charge is 0.295 e. The maximum Gasteiger partial charge on any atom is 0.295 e. The second kappa shape index (κ2) is 7.85. The van der Waals surface area contributed by atoms with E-state index in [1.54, 1.807) is 25.3 Å². The molecule has 5 nitrogen and oxygen atoms in total. The van der Waals surface area contributed by atoms with Crippen LogP contribution in [0.4, 0.5) is 10.5 Å². The normalized spacial score (nSPS) is 15.7. The van der Waals surface area contributed by atoms with Gasteiger partial charge in [-0.1, -0.05) is 29.8 Å². The number of imide groups is 1. The fourth-order valence-electron chi connectivity index (χ4n) is 2.49. The van der Waals surface area contributed by atoms with Crippen molar-refractivity contribution >= 4 is 46.3 Å². The highest BCUT2D eigenvalue weighted by molar-refractivity contribution is 8.18. The molecule has 3 rings (SSSR count). The topological polar surface area (TPSA) is 49.9 Å². The van der Waals surface area contributed by atoms with Crippen LogP contribution in [0.2, 0.25) is 5.02 Å². The predicted octanol–water partition coefficient (Wildman–Crippen LogP) is 4.48. The molecule has 7 heteroatoms. The summed E-state index contributed by atoms with van der Waals surface area (Å²) in [5.41, 5.74) is 1.59. The molecular weight excluding hydrogens is 372 g/mol. The highest BCUT2D eigenvalue weighted by Gasteiger charge is 2.35. The summed E-state index contributed by atoms with van der Waals surface area (Å²) in [6, 6.07) is 14.6. The van der Waals surface area contributed by atoms with Gasteiger partial charge in [-0.2, -0.15) is 0 Å². The number of benzene rings is 2. The van der Waals surface area contributed by atoms with Crippen LogP contribution in [-0.2, 0) is 4.79 Å². The van der Waals surface area contributed by atoms with Gasteiger partial charge in [-0.15, -0.1) is 0 Å². The predicted molar refractivity (Wildman–Crippen MR) is 106 cm³/mol. The van der Waals surface area contributed by atoms with Gasteiger partial charge in [0.1, 0.15) is 12.4 Å². The fraction of sp³-hybridized carbons (Fsp3) is 0.158. The molecule has 0 N–H and O–H groups in total. The molecule has 0 unspecified atom stereocenters. The van der Waals surface area contributed by atoms with E-state index >= 15 is 0 Å². The van der Waals surface area contributed by atoms with E-state index in [1.807, 2.05) is 48.3 Å². The molecule has 0 radical (unpaired) electrons. The zero-order valence-electron chi connectivity index (χ0n) is 14.3. The van der Waals surface area contributed by atoms with Crippen LogP contribution in [0.3, 0.4) is 0 Å². The highest BCUT2D eigenvalue weighted by Crippen LogP contribution is 2.33. The van der Waals surface area contributed by atoms with Crippen molar-refractivity contribution in [3.63, 3.8) is 0 Å². The third-order valence-electron chi connectivity index (χ3n) is 3.93. The number of hydrogen-bond acceptors (Lipinski definition) is 5. The molecule has 0 spiro atoms. The van der Waals surface area contributed by atoms with Crippen molar-refractivity contribution in [2.24, 2.45) is 0 Å². The van der Waals surface area contributed by atoms with Gasteiger partial charge < -0.3 is 9.64 Å². The molecule has 0 saturated carbocycles. The van der Waals surface area contributed by atoms with Crippen molar-refractivity contribution in [1.29, 1.82) is 0 Å². The lowest BCUT2D eigenvalue weighted by Crippen LogP contribution is -2.38. The Kier molecular flexibility index (Phi) is 5.54. The Morgan fingerprint density at radius 2 is 1.85 bits per heavy atom. The van der Waals surface area contributed by atoms with Gasteiger partial charge in [0.25, 0.3) is 11.1 Å². The summed E-state index contributed by atoms with van der Waals surface area (Å²) < 4.78 is 5.14. The first-order chi connectivity index (χ1) is 12.5. The molecule has 134 valence electrons. The van der Waals surface area contributed by atoms with Crippen LogP contribution >= 0.6 is 23.4 Å². The lowest BCUT2D eigenvalue weighted by atomic mass is 10.2. The van der Waals surface area contributed by atoms with Crippen molar-refractivity contribution in [1.82, 2.24) is 4.90 Å². The van der Waals surface area contributed by atoms with Gasteiger partial charge in [-0.05, 0) is 53.7 Å². The van der Waals surface area contributed by atoms with Crippen LogP contribution in [0.25, 0.3) is 6.08 Å². The van der Waals surface area contributed by atoms with E-state index in [4.69, 9.17) is 16.3 Å². The van der Waals surface area contributed by atoms with Gasteiger partial charge in [-0.3, -0.25) is 9.59 Å². The molecule has 2 aromatic carbocycles. The van der Waals surface area contributed by atoms with E-state index in [9.17, 15) is 9.59 Å². The number of nitrogens with zero attached hydrogens (tertiary/aromatic N) is 2. The van der Waals surface area contributed by atoms with E-state index in [-0.39, 0.29) is 17.8 Å². The second-order valence-corrected chi connectivity index (χ2v) is 7.07. The number of halogens is 1. The van der Waals surface area contributed by atoms with E-state index in [0.717, 1.165) is 23.2 Å². The third-order valence-corrected chi connectivity index (χ3v) is 5.18. The lowest BCUT2D eigenvalue weighted by molar-refractivity contribution is -0.122. The minimum Gasteiger partial charge on any atom is -0.497 e. The number of carbonyl (C=O) groups is 2. The van der Waals surface area contributed by atoms with Crippen LogP contribution in [0.15, 0.2) is 53.4 Å². The van der Waals surface area contributed by atoms with Crippen molar-refractivity contribution in [2.45, 2.75) is 0 Å². The molecule has 2 amide bonds. The Morgan fingerprint density at radius 3 is 2.50 bits per heavy atom. The summed E-state index contributed by atoms with van der Waals surface area (Å²) in [6.45, 7) is 0.164. The number of methoxy groups -OCH3 is 1. The Labute approximate surface area is 161 Å². The summed E-state index contributed by atoms with van der Waals surface area (Å²) >= 11 is 7.05. The van der Waals surface area contributed by atoms with Gasteiger partial charge in [0.15, 0.2) is 0 Å². The Hall–Kier alpha value is -2.44. The molecule has 1 aliphatic heterocycles. The molecule has 1 aliphatic rings. The number of carbonyl (C=O) groups excluding carboxylic acids is 2. The fourth-order valence-corrected chi connectivity index (χ4v) is 3.50. The van der Waals surface area contributed by atoms with E-state index in [1.165, 1.54) is 4.90 Å². The first-order valence-electron chi connectivity index (χ1n) is 7.84. The molecule has 0 bridgehead atoms. The van der Waals surface area contributed by atoms with Crippen LogP contribution in [-0.4, -0.2) is 36.9 Å². The summed E-state index contributed by atoms with van der Waals surface area (Å²) in [5, 5.41) is 0.239. The van der Waals surface area contributed by atoms with Crippen molar-refractivity contribution < 1.29 is 14.3 Å². The molecule has 1 fully saturated rings. The molecule has 1 heterocycles. The van der Waals surface area contributed by atoms with Gasteiger partial charge in [-0.25, -0.2) is 4.90 Å². The Balaban J connectivity index is 1.75. The van der Waals surface area contributed by atoms with Crippen LogP contribution < -0.4 is 9.64 Å². The third kappa shape index (κ3) is 3.86.